The van der Waals surface area contributed by atoms with E-state index in [1.807, 2.05) is 32.0 Å². The normalized spacial score (nSPS) is 13.5. The molecule has 12 heteroatoms. The van der Waals surface area contributed by atoms with Gasteiger partial charge in [-0.3, -0.25) is 4.79 Å². The molecule has 0 saturated heterocycles. The molecule has 204 valence electrons. The van der Waals surface area contributed by atoms with E-state index in [0.717, 1.165) is 53.1 Å². The number of nitrogens with one attached hydrogen (secondary N) is 2. The minimum atomic E-state index is -5.08. The number of anilines is 2. The summed E-state index contributed by atoms with van der Waals surface area (Å²) in [6.45, 7) is 4.23. The lowest BCUT2D eigenvalue weighted by Crippen LogP contribution is -2.21. The molecule has 1 fully saturated rings. The zero-order valence-corrected chi connectivity index (χ0v) is 21.5. The van der Waals surface area contributed by atoms with Gasteiger partial charge in [-0.25, -0.2) is 14.2 Å². The Balaban J connectivity index is 0.000000505. The topological polar surface area (TPSA) is 112 Å². The summed E-state index contributed by atoms with van der Waals surface area (Å²) >= 11 is 1.47. The van der Waals surface area contributed by atoms with Gasteiger partial charge in [0, 0.05) is 23.7 Å². The second-order valence-corrected chi connectivity index (χ2v) is 9.84. The Morgan fingerprint density at radius 3 is 2.42 bits per heavy atom. The number of para-hydroxylation sites is 1. The number of carbonyl (C=O) groups excluding carboxylic acids is 1. The number of alkyl halides is 3. The predicted octanol–water partition coefficient (Wildman–Crippen LogP) is 6.65. The molecular weight excluding hydrogens is 526 g/mol. The number of halogens is 4. The highest BCUT2D eigenvalue weighted by Gasteiger charge is 2.38. The van der Waals surface area contributed by atoms with Gasteiger partial charge in [0.15, 0.2) is 16.7 Å². The van der Waals surface area contributed by atoms with Crippen molar-refractivity contribution in [2.45, 2.75) is 52.3 Å². The molecule has 4 rings (SSSR count). The highest BCUT2D eigenvalue weighted by atomic mass is 32.1. The van der Waals surface area contributed by atoms with Crippen LogP contribution in [0.3, 0.4) is 0 Å². The molecule has 0 bridgehead atoms. The molecule has 2 aromatic carbocycles. The minimum absolute atomic E-state index is 0.0685. The summed E-state index contributed by atoms with van der Waals surface area (Å²) in [6, 6.07) is 10.6. The van der Waals surface area contributed by atoms with Crippen LogP contribution in [-0.4, -0.2) is 33.2 Å². The van der Waals surface area contributed by atoms with Gasteiger partial charge in [-0.15, -0.1) is 0 Å². The Labute approximate surface area is 220 Å². The molecule has 0 spiro atoms. The van der Waals surface area contributed by atoms with Gasteiger partial charge in [0.1, 0.15) is 0 Å². The highest BCUT2D eigenvalue weighted by molar-refractivity contribution is 7.19. The number of aromatic hydroxyl groups is 1. The number of phenolic OH excluding ortho intramolecular Hbond substituents is 1. The quantitative estimate of drug-likeness (QED) is 0.255. The van der Waals surface area contributed by atoms with E-state index in [2.05, 4.69) is 15.6 Å². The zero-order chi connectivity index (χ0) is 28.0. The number of carboxylic acid groups (broad SMARTS) is 1. The molecule has 1 aromatic heterocycles. The third kappa shape index (κ3) is 7.44. The third-order valence-electron chi connectivity index (χ3n) is 6.03. The first kappa shape index (κ1) is 28.9. The second-order valence-electron chi connectivity index (χ2n) is 8.84. The van der Waals surface area contributed by atoms with Crippen LogP contribution in [0.4, 0.5) is 28.4 Å². The number of carbonyl (C=O) groups is 2. The number of hydrogen-bond acceptors (Lipinski definition) is 6. The number of thiazole rings is 1. The number of phenols is 1. The SMILES string of the molecule is Cc1ccc(-c2sc(NC(=O)C3CCCC3)nc2C)cc1NCc1cccc(F)c1O.O=C(O)C(F)(F)F. The van der Waals surface area contributed by atoms with E-state index in [4.69, 9.17) is 9.90 Å². The number of aromatic nitrogens is 1. The van der Waals surface area contributed by atoms with Crippen molar-refractivity contribution in [1.29, 1.82) is 0 Å². The Kier molecular flexibility index (Phi) is 9.31. The van der Waals surface area contributed by atoms with Crippen LogP contribution >= 0.6 is 11.3 Å². The fourth-order valence-corrected chi connectivity index (χ4v) is 4.93. The van der Waals surface area contributed by atoms with Crippen LogP contribution in [0.1, 0.15) is 42.5 Å². The molecule has 1 aliphatic carbocycles. The molecule has 3 aromatic rings. The molecule has 1 aliphatic rings. The van der Waals surface area contributed by atoms with Crippen LogP contribution in [0, 0.1) is 25.6 Å². The largest absolute Gasteiger partial charge is 0.505 e. The molecule has 0 radical (unpaired) electrons. The van der Waals surface area contributed by atoms with Crippen molar-refractivity contribution in [3.05, 3.63) is 59.0 Å². The number of amides is 1. The molecule has 1 saturated carbocycles. The number of nitrogens with zero attached hydrogens (tertiary/aromatic N) is 1. The number of rotatable bonds is 6. The third-order valence-corrected chi connectivity index (χ3v) is 7.16. The van der Waals surface area contributed by atoms with Crippen molar-refractivity contribution in [3.63, 3.8) is 0 Å². The molecule has 7 nitrogen and oxygen atoms in total. The maximum atomic E-state index is 13.6. The molecule has 4 N–H and O–H groups in total. The summed E-state index contributed by atoms with van der Waals surface area (Å²) in [5, 5.41) is 23.9. The van der Waals surface area contributed by atoms with Crippen LogP contribution in [-0.2, 0) is 16.1 Å². The lowest BCUT2D eigenvalue weighted by Gasteiger charge is -2.12. The first-order valence-electron chi connectivity index (χ1n) is 11.8. The van der Waals surface area contributed by atoms with Crippen molar-refractivity contribution < 1.29 is 37.4 Å². The van der Waals surface area contributed by atoms with Crippen molar-refractivity contribution in [3.8, 4) is 16.2 Å². The number of aryl methyl sites for hydroxylation is 2. The summed E-state index contributed by atoms with van der Waals surface area (Å²) in [5.74, 6) is -3.55. The molecule has 0 unspecified atom stereocenters. The molecule has 0 atom stereocenters. The maximum absolute atomic E-state index is 13.6. The number of aliphatic carboxylic acids is 1. The molecule has 38 heavy (non-hydrogen) atoms. The van der Waals surface area contributed by atoms with Gasteiger partial charge in [0.25, 0.3) is 0 Å². The Morgan fingerprint density at radius 2 is 1.79 bits per heavy atom. The van der Waals surface area contributed by atoms with Gasteiger partial charge in [-0.05, 0) is 49.9 Å². The summed E-state index contributed by atoms with van der Waals surface area (Å²) < 4.78 is 45.3. The van der Waals surface area contributed by atoms with Crippen molar-refractivity contribution >= 4 is 34.0 Å². The van der Waals surface area contributed by atoms with Gasteiger partial charge in [0.05, 0.1) is 10.6 Å². The minimum Gasteiger partial charge on any atom is -0.505 e. The maximum Gasteiger partial charge on any atom is 0.490 e. The highest BCUT2D eigenvalue weighted by Crippen LogP contribution is 2.36. The van der Waals surface area contributed by atoms with E-state index < -0.39 is 18.0 Å². The van der Waals surface area contributed by atoms with Gasteiger partial charge in [-0.1, -0.05) is 48.4 Å². The monoisotopic (exact) mass is 553 g/mol. The summed E-state index contributed by atoms with van der Waals surface area (Å²) in [5.41, 5.74) is 4.29. The van der Waals surface area contributed by atoms with E-state index in [1.54, 1.807) is 12.1 Å². The van der Waals surface area contributed by atoms with E-state index >= 15 is 0 Å². The molecule has 0 aliphatic heterocycles. The number of hydrogen-bond donors (Lipinski definition) is 4. The average Bonchev–Trinajstić information content (AvgIpc) is 3.51. The number of benzene rings is 2. The fraction of sp³-hybridized carbons (Fsp3) is 0.346. The number of carboxylic acids is 1. The summed E-state index contributed by atoms with van der Waals surface area (Å²) in [4.78, 5) is 26.9. The second kappa shape index (κ2) is 12.2. The van der Waals surface area contributed by atoms with Crippen LogP contribution in [0.15, 0.2) is 36.4 Å². The Hall–Kier alpha value is -3.67. The molecule has 1 heterocycles. The zero-order valence-electron chi connectivity index (χ0n) is 20.7. The van der Waals surface area contributed by atoms with E-state index in [9.17, 15) is 27.5 Å². The first-order chi connectivity index (χ1) is 17.9. The van der Waals surface area contributed by atoms with Gasteiger partial charge >= 0.3 is 12.1 Å². The standard InChI is InChI=1S/C24H26FN3O2S.C2HF3O2/c1-14-10-11-17(12-20(14)26-13-18-8-5-9-19(25)21(18)29)22-15(2)27-24(31-22)28-23(30)16-6-3-4-7-16;3-2(4,5)1(6)7/h5,8-12,16,26,29H,3-4,6-7,13H2,1-2H3,(H,27,28,30);(H,6,7). The van der Waals surface area contributed by atoms with Crippen LogP contribution in [0.5, 0.6) is 5.75 Å². The van der Waals surface area contributed by atoms with Gasteiger partial charge in [-0.2, -0.15) is 13.2 Å². The lowest BCUT2D eigenvalue weighted by molar-refractivity contribution is -0.192. The van der Waals surface area contributed by atoms with Crippen molar-refractivity contribution in [2.24, 2.45) is 5.92 Å². The van der Waals surface area contributed by atoms with Crippen molar-refractivity contribution in [2.75, 3.05) is 10.6 Å². The van der Waals surface area contributed by atoms with Crippen LogP contribution in [0.25, 0.3) is 10.4 Å². The average molecular weight is 554 g/mol. The fourth-order valence-electron chi connectivity index (χ4n) is 3.96. The Bertz CT molecular complexity index is 1300. The van der Waals surface area contributed by atoms with Crippen molar-refractivity contribution in [1.82, 2.24) is 4.98 Å². The van der Waals surface area contributed by atoms with E-state index in [0.29, 0.717) is 17.2 Å². The van der Waals surface area contributed by atoms with Crippen LogP contribution < -0.4 is 10.6 Å². The van der Waals surface area contributed by atoms with E-state index in [1.165, 1.54) is 17.4 Å². The lowest BCUT2D eigenvalue weighted by atomic mass is 10.1. The Morgan fingerprint density at radius 1 is 1.13 bits per heavy atom. The molecular formula is C26H27F4N3O4S. The van der Waals surface area contributed by atoms with Crippen LogP contribution in [0.2, 0.25) is 0 Å². The van der Waals surface area contributed by atoms with Gasteiger partial charge < -0.3 is 20.8 Å². The predicted molar refractivity (Wildman–Crippen MR) is 137 cm³/mol. The first-order valence-corrected chi connectivity index (χ1v) is 12.6. The summed E-state index contributed by atoms with van der Waals surface area (Å²) in [6.07, 6.45) is -0.937. The van der Waals surface area contributed by atoms with Gasteiger partial charge in [0.2, 0.25) is 5.91 Å². The van der Waals surface area contributed by atoms with E-state index in [-0.39, 0.29) is 17.6 Å². The summed E-state index contributed by atoms with van der Waals surface area (Å²) in [7, 11) is 0. The smallest absolute Gasteiger partial charge is 0.490 e. The molecule has 1 amide bonds.